The number of nitrogens with one attached hydrogen (secondary N) is 1. The molecule has 1 aromatic carbocycles. The molecule has 2 aliphatic heterocycles. The molecule has 7 nitrogen and oxygen atoms in total. The van der Waals surface area contributed by atoms with Crippen LogP contribution >= 0.6 is 0 Å². The van der Waals surface area contributed by atoms with Crippen molar-refractivity contribution in [2.75, 3.05) is 39.8 Å². The Morgan fingerprint density at radius 2 is 2.11 bits per heavy atom. The maximum Gasteiger partial charge on any atom is 0.263 e. The molecule has 2 N–H and O–H groups in total. The molecule has 0 bridgehead atoms. The summed E-state index contributed by atoms with van der Waals surface area (Å²) < 4.78 is 20.0. The standard InChI is InChI=1S/C19H26FN3O4/c1-22(10-11-24)18(25)13-2-3-16(15(20)12-13)27-17-6-9-23(19(17)26)14-4-7-21-8-5-14/h2-3,12,14,17,21,24H,4-11H2,1H3. The van der Waals surface area contributed by atoms with E-state index in [1.165, 1.54) is 24.1 Å². The highest BCUT2D eigenvalue weighted by Crippen LogP contribution is 2.26. The van der Waals surface area contributed by atoms with Crippen molar-refractivity contribution in [1.29, 1.82) is 0 Å². The van der Waals surface area contributed by atoms with E-state index < -0.39 is 11.9 Å². The molecule has 0 saturated carbocycles. The number of carbonyl (C=O) groups excluding carboxylic acids is 2. The first-order valence-electron chi connectivity index (χ1n) is 9.35. The normalized spacial score (nSPS) is 20.8. The van der Waals surface area contributed by atoms with Crippen LogP contribution in [0.3, 0.4) is 0 Å². The number of aliphatic hydroxyl groups excluding tert-OH is 1. The van der Waals surface area contributed by atoms with Crippen LogP contribution in [0.5, 0.6) is 5.75 Å². The van der Waals surface area contributed by atoms with Crippen molar-refractivity contribution in [2.45, 2.75) is 31.4 Å². The van der Waals surface area contributed by atoms with Crippen molar-refractivity contribution < 1.29 is 23.8 Å². The Labute approximate surface area is 158 Å². The highest BCUT2D eigenvalue weighted by molar-refractivity contribution is 5.94. The molecule has 2 saturated heterocycles. The predicted molar refractivity (Wildman–Crippen MR) is 97.1 cm³/mol. The number of piperidine rings is 1. The van der Waals surface area contributed by atoms with Crippen molar-refractivity contribution in [3.05, 3.63) is 29.6 Å². The van der Waals surface area contributed by atoms with Crippen LogP contribution in [0.2, 0.25) is 0 Å². The number of rotatable bonds is 6. The van der Waals surface area contributed by atoms with Crippen LogP contribution in [-0.4, -0.2) is 78.7 Å². The predicted octanol–water partition coefficient (Wildman–Crippen LogP) is 0.622. The summed E-state index contributed by atoms with van der Waals surface area (Å²) in [4.78, 5) is 27.9. The van der Waals surface area contributed by atoms with Gasteiger partial charge in [-0.1, -0.05) is 0 Å². The van der Waals surface area contributed by atoms with Crippen molar-refractivity contribution in [2.24, 2.45) is 0 Å². The van der Waals surface area contributed by atoms with Crippen LogP contribution in [0.25, 0.3) is 0 Å². The molecule has 2 heterocycles. The topological polar surface area (TPSA) is 82.1 Å². The highest BCUT2D eigenvalue weighted by Gasteiger charge is 2.38. The van der Waals surface area contributed by atoms with Crippen molar-refractivity contribution in [3.63, 3.8) is 0 Å². The number of amides is 2. The van der Waals surface area contributed by atoms with E-state index in [0.717, 1.165) is 32.0 Å². The van der Waals surface area contributed by atoms with E-state index in [9.17, 15) is 14.0 Å². The molecule has 2 fully saturated rings. The second kappa shape index (κ2) is 8.67. The maximum atomic E-state index is 14.4. The summed E-state index contributed by atoms with van der Waals surface area (Å²) in [5, 5.41) is 12.2. The largest absolute Gasteiger partial charge is 0.477 e. The summed E-state index contributed by atoms with van der Waals surface area (Å²) in [6, 6.07) is 4.18. The van der Waals surface area contributed by atoms with Gasteiger partial charge in [0.2, 0.25) is 0 Å². The number of aliphatic hydroxyl groups is 1. The lowest BCUT2D eigenvalue weighted by atomic mass is 10.1. The first-order valence-corrected chi connectivity index (χ1v) is 9.35. The van der Waals surface area contributed by atoms with Crippen LogP contribution in [0.15, 0.2) is 18.2 Å². The molecule has 0 aliphatic carbocycles. The summed E-state index contributed by atoms with van der Waals surface area (Å²) in [7, 11) is 1.54. The Kier molecular flexibility index (Phi) is 6.28. The lowest BCUT2D eigenvalue weighted by Gasteiger charge is -2.31. The number of hydrogen-bond donors (Lipinski definition) is 2. The average Bonchev–Trinajstić information content (AvgIpc) is 3.04. The smallest absolute Gasteiger partial charge is 0.263 e. The Bertz CT molecular complexity index is 694. The molecule has 1 atom stereocenters. The third-order valence-electron chi connectivity index (χ3n) is 5.17. The lowest BCUT2D eigenvalue weighted by molar-refractivity contribution is -0.135. The minimum Gasteiger partial charge on any atom is -0.477 e. The minimum atomic E-state index is -0.687. The molecule has 27 heavy (non-hydrogen) atoms. The van der Waals surface area contributed by atoms with Crippen molar-refractivity contribution in [1.82, 2.24) is 15.1 Å². The van der Waals surface area contributed by atoms with Gasteiger partial charge in [0.15, 0.2) is 17.7 Å². The maximum absolute atomic E-state index is 14.4. The fraction of sp³-hybridized carbons (Fsp3) is 0.579. The average molecular weight is 379 g/mol. The zero-order valence-corrected chi connectivity index (χ0v) is 15.5. The monoisotopic (exact) mass is 379 g/mol. The molecule has 2 amide bonds. The van der Waals surface area contributed by atoms with Gasteiger partial charge in [0.05, 0.1) is 6.61 Å². The number of hydrogen-bond acceptors (Lipinski definition) is 5. The van der Waals surface area contributed by atoms with Gasteiger partial charge in [0.1, 0.15) is 0 Å². The molecule has 0 spiro atoms. The summed E-state index contributed by atoms with van der Waals surface area (Å²) in [5.41, 5.74) is 0.171. The zero-order valence-electron chi connectivity index (χ0n) is 15.5. The first kappa shape index (κ1) is 19.6. The van der Waals surface area contributed by atoms with Crippen molar-refractivity contribution >= 4 is 11.8 Å². The minimum absolute atomic E-state index is 0.0260. The van der Waals surface area contributed by atoms with Crippen LogP contribution in [0, 0.1) is 5.82 Å². The molecular weight excluding hydrogens is 353 g/mol. The van der Waals surface area contributed by atoms with Gasteiger partial charge in [0, 0.05) is 38.2 Å². The number of nitrogens with zero attached hydrogens (tertiary/aromatic N) is 2. The zero-order chi connectivity index (χ0) is 19.4. The van der Waals surface area contributed by atoms with Crippen LogP contribution < -0.4 is 10.1 Å². The number of likely N-dealkylation sites (N-methyl/N-ethyl adjacent to an activating group) is 1. The second-order valence-corrected chi connectivity index (χ2v) is 7.00. The van der Waals surface area contributed by atoms with E-state index in [-0.39, 0.29) is 42.3 Å². The Morgan fingerprint density at radius 3 is 2.78 bits per heavy atom. The van der Waals surface area contributed by atoms with Gasteiger partial charge in [-0.2, -0.15) is 0 Å². The van der Waals surface area contributed by atoms with Gasteiger partial charge in [-0.15, -0.1) is 0 Å². The van der Waals surface area contributed by atoms with Gasteiger partial charge in [-0.25, -0.2) is 4.39 Å². The Balaban J connectivity index is 1.64. The van der Waals surface area contributed by atoms with Crippen LogP contribution in [-0.2, 0) is 4.79 Å². The molecule has 1 aromatic rings. The molecule has 8 heteroatoms. The number of benzene rings is 1. The molecule has 1 unspecified atom stereocenters. The third kappa shape index (κ3) is 4.39. The van der Waals surface area contributed by atoms with Gasteiger partial charge < -0.3 is 25.0 Å². The van der Waals surface area contributed by atoms with E-state index in [1.54, 1.807) is 0 Å². The van der Waals surface area contributed by atoms with E-state index in [1.807, 2.05) is 4.90 Å². The summed E-state index contributed by atoms with van der Waals surface area (Å²) in [6.45, 7) is 2.42. The van der Waals surface area contributed by atoms with Crippen LogP contribution in [0.1, 0.15) is 29.6 Å². The molecule has 3 rings (SSSR count). The lowest BCUT2D eigenvalue weighted by Crippen LogP contribution is -2.45. The number of carbonyl (C=O) groups is 2. The molecule has 0 aromatic heterocycles. The molecule has 148 valence electrons. The number of likely N-dealkylation sites (tertiary alicyclic amines) is 1. The van der Waals surface area contributed by atoms with E-state index in [2.05, 4.69) is 5.32 Å². The SMILES string of the molecule is CN(CCO)C(=O)c1ccc(OC2CCN(C3CCNCC3)C2=O)c(F)c1. The van der Waals surface area contributed by atoms with E-state index in [4.69, 9.17) is 9.84 Å². The fourth-order valence-electron chi connectivity index (χ4n) is 3.62. The molecule has 0 radical (unpaired) electrons. The van der Waals surface area contributed by atoms with E-state index in [0.29, 0.717) is 13.0 Å². The summed E-state index contributed by atoms with van der Waals surface area (Å²) in [6.07, 6.45) is 1.69. The van der Waals surface area contributed by atoms with Gasteiger partial charge >= 0.3 is 0 Å². The van der Waals surface area contributed by atoms with Gasteiger partial charge in [0.25, 0.3) is 11.8 Å². The highest BCUT2D eigenvalue weighted by atomic mass is 19.1. The quantitative estimate of drug-likeness (QED) is 0.757. The summed E-state index contributed by atoms with van der Waals surface area (Å²) in [5.74, 6) is -1.18. The van der Waals surface area contributed by atoms with Gasteiger partial charge in [-0.05, 0) is 44.1 Å². The molecular formula is C19H26FN3O4. The molecule has 2 aliphatic rings. The summed E-state index contributed by atoms with van der Waals surface area (Å²) >= 11 is 0. The number of halogens is 1. The van der Waals surface area contributed by atoms with Crippen LogP contribution in [0.4, 0.5) is 4.39 Å². The fourth-order valence-corrected chi connectivity index (χ4v) is 3.62. The number of ether oxygens (including phenoxy) is 1. The van der Waals surface area contributed by atoms with Gasteiger partial charge in [-0.3, -0.25) is 9.59 Å². The van der Waals surface area contributed by atoms with Crippen molar-refractivity contribution in [3.8, 4) is 5.75 Å². The Morgan fingerprint density at radius 1 is 1.37 bits per heavy atom. The second-order valence-electron chi connectivity index (χ2n) is 7.00. The Hall–Kier alpha value is -2.19. The van der Waals surface area contributed by atoms with E-state index >= 15 is 0 Å². The third-order valence-corrected chi connectivity index (χ3v) is 5.17. The first-order chi connectivity index (χ1) is 13.0.